The molecule has 0 bridgehead atoms. The highest BCUT2D eigenvalue weighted by Gasteiger charge is 2.05. The molecule has 0 amide bonds. The zero-order chi connectivity index (χ0) is 9.56. The van der Waals surface area contributed by atoms with E-state index in [-0.39, 0.29) is 12.5 Å². The molecule has 0 spiro atoms. The zero-order valence-corrected chi connectivity index (χ0v) is 8.13. The highest BCUT2D eigenvalue weighted by atomic mass is 16.4. The van der Waals surface area contributed by atoms with Gasteiger partial charge in [0.2, 0.25) is 0 Å². The second kappa shape index (κ2) is 6.00. The van der Waals surface area contributed by atoms with Crippen molar-refractivity contribution in [2.24, 2.45) is 5.92 Å². The third kappa shape index (κ3) is 7.54. The van der Waals surface area contributed by atoms with Crippen LogP contribution in [-0.2, 0) is 4.79 Å². The molecule has 3 heteroatoms. The number of rotatable bonds is 6. The van der Waals surface area contributed by atoms with Crippen LogP contribution in [0.25, 0.3) is 0 Å². The van der Waals surface area contributed by atoms with Gasteiger partial charge in [-0.15, -0.1) is 0 Å². The van der Waals surface area contributed by atoms with Crippen molar-refractivity contribution < 1.29 is 9.90 Å². The monoisotopic (exact) mass is 173 g/mol. The minimum atomic E-state index is -0.737. The van der Waals surface area contributed by atoms with Gasteiger partial charge in [-0.05, 0) is 25.8 Å². The van der Waals surface area contributed by atoms with E-state index in [2.05, 4.69) is 19.2 Å². The van der Waals surface area contributed by atoms with Gasteiger partial charge in [0, 0.05) is 6.04 Å². The highest BCUT2D eigenvalue weighted by molar-refractivity contribution is 5.67. The molecule has 0 saturated heterocycles. The lowest BCUT2D eigenvalue weighted by Gasteiger charge is -2.12. The first-order chi connectivity index (χ1) is 5.52. The summed E-state index contributed by atoms with van der Waals surface area (Å²) in [5.41, 5.74) is 0. The Bertz CT molecular complexity index is 134. The summed E-state index contributed by atoms with van der Waals surface area (Å²) in [6.07, 6.45) is 1.31. The summed E-state index contributed by atoms with van der Waals surface area (Å²) in [6, 6.07) is 0.0845. The molecular formula is C9H19NO2. The third-order valence-corrected chi connectivity index (χ3v) is 1.70. The van der Waals surface area contributed by atoms with E-state index in [4.69, 9.17) is 5.11 Å². The maximum absolute atomic E-state index is 10.3. The normalized spacial score (nSPS) is 13.3. The van der Waals surface area contributed by atoms with Gasteiger partial charge in [-0.25, -0.2) is 0 Å². The van der Waals surface area contributed by atoms with E-state index in [9.17, 15) is 4.79 Å². The summed E-state index contributed by atoms with van der Waals surface area (Å²) >= 11 is 0. The maximum atomic E-state index is 10.3. The largest absolute Gasteiger partial charge is 0.481 e. The Morgan fingerprint density at radius 2 is 2.00 bits per heavy atom. The Balaban J connectivity index is 3.31. The predicted molar refractivity (Wildman–Crippen MR) is 49.2 cm³/mol. The molecule has 0 aromatic heterocycles. The number of hydrogen-bond donors (Lipinski definition) is 2. The zero-order valence-electron chi connectivity index (χ0n) is 8.13. The summed E-state index contributed by atoms with van der Waals surface area (Å²) in [7, 11) is 0. The Morgan fingerprint density at radius 1 is 1.42 bits per heavy atom. The second-order valence-electron chi connectivity index (χ2n) is 3.64. The molecule has 0 aliphatic rings. The predicted octanol–water partition coefficient (Wildman–Crippen LogP) is 1.49. The standard InChI is InChI=1S/C9H19NO2/c1-7(2)4-5-10-8(3)6-9(11)12/h7-8,10H,4-6H2,1-3H3,(H,11,12). The highest BCUT2D eigenvalue weighted by Crippen LogP contribution is 1.98. The van der Waals surface area contributed by atoms with Crippen molar-refractivity contribution in [2.45, 2.75) is 39.7 Å². The minimum Gasteiger partial charge on any atom is -0.481 e. The van der Waals surface area contributed by atoms with Gasteiger partial charge in [-0.1, -0.05) is 13.8 Å². The van der Waals surface area contributed by atoms with Crippen molar-refractivity contribution in [3.63, 3.8) is 0 Å². The van der Waals surface area contributed by atoms with Gasteiger partial charge < -0.3 is 10.4 Å². The smallest absolute Gasteiger partial charge is 0.304 e. The van der Waals surface area contributed by atoms with Crippen LogP contribution < -0.4 is 5.32 Å². The first-order valence-electron chi connectivity index (χ1n) is 4.47. The van der Waals surface area contributed by atoms with Crippen LogP contribution >= 0.6 is 0 Å². The van der Waals surface area contributed by atoms with Crippen LogP contribution in [0, 0.1) is 5.92 Å². The first kappa shape index (κ1) is 11.4. The molecule has 0 aromatic rings. The number of carboxylic acid groups (broad SMARTS) is 1. The van der Waals surface area contributed by atoms with E-state index in [1.807, 2.05) is 6.92 Å². The summed E-state index contributed by atoms with van der Waals surface area (Å²) in [5.74, 6) is -0.0610. The SMILES string of the molecule is CC(C)CCNC(C)CC(=O)O. The van der Waals surface area contributed by atoms with Crippen LogP contribution in [0.1, 0.15) is 33.6 Å². The average Bonchev–Trinajstić information content (AvgIpc) is 1.84. The van der Waals surface area contributed by atoms with E-state index < -0.39 is 5.97 Å². The van der Waals surface area contributed by atoms with Crippen molar-refractivity contribution in [3.8, 4) is 0 Å². The Hall–Kier alpha value is -0.570. The third-order valence-electron chi connectivity index (χ3n) is 1.70. The quantitative estimate of drug-likeness (QED) is 0.639. The molecule has 3 nitrogen and oxygen atoms in total. The fourth-order valence-electron chi connectivity index (χ4n) is 0.953. The maximum Gasteiger partial charge on any atom is 0.304 e. The molecule has 72 valence electrons. The summed E-state index contributed by atoms with van der Waals surface area (Å²) < 4.78 is 0. The lowest BCUT2D eigenvalue weighted by atomic mass is 10.1. The summed E-state index contributed by atoms with van der Waals surface area (Å²) in [4.78, 5) is 10.3. The molecule has 2 N–H and O–H groups in total. The minimum absolute atomic E-state index is 0.0845. The molecule has 0 saturated carbocycles. The Kier molecular flexibility index (Phi) is 5.72. The van der Waals surface area contributed by atoms with Crippen LogP contribution in [0.15, 0.2) is 0 Å². The van der Waals surface area contributed by atoms with Crippen LogP contribution in [0.3, 0.4) is 0 Å². The Morgan fingerprint density at radius 3 is 2.42 bits per heavy atom. The fraction of sp³-hybridized carbons (Fsp3) is 0.889. The van der Waals surface area contributed by atoms with Crippen LogP contribution in [0.2, 0.25) is 0 Å². The molecule has 1 atom stereocenters. The van der Waals surface area contributed by atoms with E-state index in [0.29, 0.717) is 5.92 Å². The molecular weight excluding hydrogens is 154 g/mol. The van der Waals surface area contributed by atoms with Gasteiger partial charge >= 0.3 is 5.97 Å². The van der Waals surface area contributed by atoms with Crippen LogP contribution in [0.5, 0.6) is 0 Å². The van der Waals surface area contributed by atoms with Crippen molar-refractivity contribution in [1.82, 2.24) is 5.32 Å². The van der Waals surface area contributed by atoms with Gasteiger partial charge in [0.05, 0.1) is 6.42 Å². The molecule has 0 radical (unpaired) electrons. The molecule has 0 rings (SSSR count). The number of nitrogens with one attached hydrogen (secondary N) is 1. The van der Waals surface area contributed by atoms with Crippen LogP contribution in [0.4, 0.5) is 0 Å². The molecule has 0 aliphatic heterocycles. The Labute approximate surface area is 74.2 Å². The van der Waals surface area contributed by atoms with Crippen LogP contribution in [-0.4, -0.2) is 23.7 Å². The van der Waals surface area contributed by atoms with Crippen molar-refractivity contribution in [1.29, 1.82) is 0 Å². The summed E-state index contributed by atoms with van der Waals surface area (Å²) in [6.45, 7) is 7.12. The lowest BCUT2D eigenvalue weighted by Crippen LogP contribution is -2.29. The molecule has 0 heterocycles. The van der Waals surface area contributed by atoms with E-state index >= 15 is 0 Å². The average molecular weight is 173 g/mol. The van der Waals surface area contributed by atoms with E-state index in [1.165, 1.54) is 0 Å². The topological polar surface area (TPSA) is 49.3 Å². The molecule has 0 aliphatic carbocycles. The van der Waals surface area contributed by atoms with Crippen molar-refractivity contribution in [3.05, 3.63) is 0 Å². The number of aliphatic carboxylic acids is 1. The first-order valence-corrected chi connectivity index (χ1v) is 4.47. The fourth-order valence-corrected chi connectivity index (χ4v) is 0.953. The van der Waals surface area contributed by atoms with Gasteiger partial charge in [-0.2, -0.15) is 0 Å². The number of carboxylic acids is 1. The van der Waals surface area contributed by atoms with Gasteiger partial charge in [0.1, 0.15) is 0 Å². The molecule has 1 unspecified atom stereocenters. The second-order valence-corrected chi connectivity index (χ2v) is 3.64. The van der Waals surface area contributed by atoms with Crippen molar-refractivity contribution >= 4 is 5.97 Å². The van der Waals surface area contributed by atoms with E-state index in [1.54, 1.807) is 0 Å². The number of hydrogen-bond acceptors (Lipinski definition) is 2. The lowest BCUT2D eigenvalue weighted by molar-refractivity contribution is -0.137. The molecule has 0 fully saturated rings. The number of carbonyl (C=O) groups is 1. The van der Waals surface area contributed by atoms with Gasteiger partial charge in [0.25, 0.3) is 0 Å². The van der Waals surface area contributed by atoms with E-state index in [0.717, 1.165) is 13.0 Å². The molecule has 12 heavy (non-hydrogen) atoms. The van der Waals surface area contributed by atoms with Crippen molar-refractivity contribution in [2.75, 3.05) is 6.54 Å². The summed E-state index contributed by atoms with van der Waals surface area (Å²) in [5, 5.41) is 11.6. The van der Waals surface area contributed by atoms with Gasteiger partial charge in [0.15, 0.2) is 0 Å². The van der Waals surface area contributed by atoms with Gasteiger partial charge in [-0.3, -0.25) is 4.79 Å². The molecule has 0 aromatic carbocycles.